The average Bonchev–Trinajstić information content (AvgIpc) is 3.13. The molecule has 2 aromatic rings. The van der Waals surface area contributed by atoms with Crippen LogP contribution in [0, 0.1) is 0 Å². The molecule has 1 aromatic heterocycles. The van der Waals surface area contributed by atoms with E-state index in [4.69, 9.17) is 9.15 Å². The van der Waals surface area contributed by atoms with E-state index in [1.165, 1.54) is 0 Å². The van der Waals surface area contributed by atoms with Crippen molar-refractivity contribution in [3.05, 3.63) is 46.8 Å². The number of rotatable bonds is 4. The highest BCUT2D eigenvalue weighted by molar-refractivity contribution is 9.10. The van der Waals surface area contributed by atoms with E-state index >= 15 is 0 Å². The number of carbonyl (C=O) groups is 2. The van der Waals surface area contributed by atoms with Crippen molar-refractivity contribution in [2.45, 2.75) is 12.5 Å². The Hall–Kier alpha value is -2.28. The Kier molecular flexibility index (Phi) is 4.38. The normalized spacial score (nSPS) is 17.4. The first-order chi connectivity index (χ1) is 11.1. The van der Waals surface area contributed by atoms with E-state index in [1.807, 2.05) is 12.1 Å². The lowest BCUT2D eigenvalue weighted by Gasteiger charge is -2.17. The van der Waals surface area contributed by atoms with Crippen LogP contribution in [0.15, 0.2) is 45.5 Å². The summed E-state index contributed by atoms with van der Waals surface area (Å²) >= 11 is 3.16. The third-order valence-corrected chi connectivity index (χ3v) is 4.07. The molecule has 0 radical (unpaired) electrons. The summed E-state index contributed by atoms with van der Waals surface area (Å²) in [5.41, 5.74) is 0.785. The maximum atomic E-state index is 12.2. The van der Waals surface area contributed by atoms with E-state index in [9.17, 15) is 9.59 Å². The van der Waals surface area contributed by atoms with Gasteiger partial charge in [0.15, 0.2) is 10.4 Å². The molecule has 0 unspecified atom stereocenters. The fourth-order valence-corrected chi connectivity index (χ4v) is 2.82. The van der Waals surface area contributed by atoms with Gasteiger partial charge in [0.25, 0.3) is 5.91 Å². The van der Waals surface area contributed by atoms with Gasteiger partial charge in [-0.2, -0.15) is 0 Å². The summed E-state index contributed by atoms with van der Waals surface area (Å²) in [4.78, 5) is 25.9. The van der Waals surface area contributed by atoms with E-state index in [2.05, 4.69) is 21.2 Å². The zero-order valence-corrected chi connectivity index (χ0v) is 14.0. The van der Waals surface area contributed by atoms with Crippen molar-refractivity contribution in [2.24, 2.45) is 0 Å². The summed E-state index contributed by atoms with van der Waals surface area (Å²) in [6, 6.07) is 10.2. The topological polar surface area (TPSA) is 71.8 Å². The van der Waals surface area contributed by atoms with Gasteiger partial charge in [-0.1, -0.05) is 0 Å². The number of halogens is 1. The van der Waals surface area contributed by atoms with E-state index in [0.29, 0.717) is 11.2 Å². The van der Waals surface area contributed by atoms with Crippen molar-refractivity contribution in [1.82, 2.24) is 5.32 Å². The number of furan rings is 1. The number of carbonyl (C=O) groups excluding carboxylic acids is 2. The van der Waals surface area contributed by atoms with E-state index in [0.717, 1.165) is 11.4 Å². The summed E-state index contributed by atoms with van der Waals surface area (Å²) < 4.78 is 10.8. The van der Waals surface area contributed by atoms with Crippen molar-refractivity contribution < 1.29 is 18.7 Å². The van der Waals surface area contributed by atoms with Crippen molar-refractivity contribution in [3.63, 3.8) is 0 Å². The van der Waals surface area contributed by atoms with E-state index < -0.39 is 0 Å². The predicted octanol–water partition coefficient (Wildman–Crippen LogP) is 2.59. The average molecular weight is 379 g/mol. The molecule has 1 N–H and O–H groups in total. The number of nitrogens with zero attached hydrogens (tertiary/aromatic N) is 1. The first-order valence-electron chi connectivity index (χ1n) is 7.07. The predicted molar refractivity (Wildman–Crippen MR) is 87.6 cm³/mol. The summed E-state index contributed by atoms with van der Waals surface area (Å²) in [5, 5.41) is 2.82. The van der Waals surface area contributed by atoms with Gasteiger partial charge in [-0.3, -0.25) is 9.59 Å². The lowest BCUT2D eigenvalue weighted by Crippen LogP contribution is -2.37. The highest BCUT2D eigenvalue weighted by Gasteiger charge is 2.32. The van der Waals surface area contributed by atoms with Gasteiger partial charge in [-0.05, 0) is 52.3 Å². The molecule has 2 heterocycles. The molecule has 0 bridgehead atoms. The fourth-order valence-electron chi connectivity index (χ4n) is 2.51. The molecular formula is C16H15BrN2O4. The van der Waals surface area contributed by atoms with Gasteiger partial charge in [0.2, 0.25) is 5.91 Å². The number of anilines is 1. The van der Waals surface area contributed by atoms with E-state index in [1.54, 1.807) is 36.3 Å². The minimum atomic E-state index is -0.329. The maximum absolute atomic E-state index is 12.2. The molecule has 6 nitrogen and oxygen atoms in total. The molecule has 23 heavy (non-hydrogen) atoms. The molecule has 0 aliphatic carbocycles. The van der Waals surface area contributed by atoms with Crippen LogP contribution >= 0.6 is 15.9 Å². The zero-order chi connectivity index (χ0) is 16.4. The zero-order valence-electron chi connectivity index (χ0n) is 12.4. The van der Waals surface area contributed by atoms with Gasteiger partial charge >= 0.3 is 0 Å². The largest absolute Gasteiger partial charge is 0.497 e. The summed E-state index contributed by atoms with van der Waals surface area (Å²) in [6.07, 6.45) is 0.264. The van der Waals surface area contributed by atoms with Crippen LogP contribution in [0.5, 0.6) is 5.75 Å². The van der Waals surface area contributed by atoms with E-state index in [-0.39, 0.29) is 30.0 Å². The fraction of sp³-hybridized carbons (Fsp3) is 0.250. The number of hydrogen-bond acceptors (Lipinski definition) is 4. The quantitative estimate of drug-likeness (QED) is 0.887. The molecule has 120 valence electrons. The smallest absolute Gasteiger partial charge is 0.287 e. The highest BCUT2D eigenvalue weighted by atomic mass is 79.9. The molecule has 1 aliphatic heterocycles. The minimum absolute atomic E-state index is 0.0268. The van der Waals surface area contributed by atoms with Crippen LogP contribution in [0.1, 0.15) is 17.0 Å². The molecule has 2 amide bonds. The van der Waals surface area contributed by atoms with Gasteiger partial charge in [-0.15, -0.1) is 0 Å². The number of hydrogen-bond donors (Lipinski definition) is 1. The Morgan fingerprint density at radius 3 is 2.65 bits per heavy atom. The molecule has 1 aliphatic rings. The molecule has 0 saturated carbocycles. The number of ether oxygens (including phenoxy) is 1. The SMILES string of the molecule is COc1ccc(N2C[C@H](NC(=O)c3ccc(Br)o3)CC2=O)cc1. The van der Waals surface area contributed by atoms with Crippen LogP contribution in [-0.2, 0) is 4.79 Å². The van der Waals surface area contributed by atoms with Crippen LogP contribution in [0.4, 0.5) is 5.69 Å². The van der Waals surface area contributed by atoms with Crippen molar-refractivity contribution in [2.75, 3.05) is 18.6 Å². The first-order valence-corrected chi connectivity index (χ1v) is 7.87. The van der Waals surface area contributed by atoms with Gasteiger partial charge < -0.3 is 19.4 Å². The Labute approximate surface area is 141 Å². The Bertz CT molecular complexity index is 726. The minimum Gasteiger partial charge on any atom is -0.497 e. The Balaban J connectivity index is 1.66. The summed E-state index contributed by atoms with van der Waals surface area (Å²) in [5.74, 6) is 0.590. The molecule has 7 heteroatoms. The van der Waals surface area contributed by atoms with Crippen molar-refractivity contribution in [3.8, 4) is 5.75 Å². The van der Waals surface area contributed by atoms with Gasteiger partial charge in [-0.25, -0.2) is 0 Å². The van der Waals surface area contributed by atoms with Gasteiger partial charge in [0.05, 0.1) is 13.2 Å². The lowest BCUT2D eigenvalue weighted by atomic mass is 10.2. The molecule has 1 saturated heterocycles. The number of benzene rings is 1. The number of amides is 2. The lowest BCUT2D eigenvalue weighted by molar-refractivity contribution is -0.117. The van der Waals surface area contributed by atoms with Crippen LogP contribution in [0.2, 0.25) is 0 Å². The molecule has 1 fully saturated rings. The highest BCUT2D eigenvalue weighted by Crippen LogP contribution is 2.24. The maximum Gasteiger partial charge on any atom is 0.287 e. The number of nitrogens with one attached hydrogen (secondary N) is 1. The Morgan fingerprint density at radius 1 is 1.30 bits per heavy atom. The second kappa shape index (κ2) is 6.45. The molecule has 3 rings (SSSR count). The second-order valence-corrected chi connectivity index (χ2v) is 5.96. The van der Waals surface area contributed by atoms with Gasteiger partial charge in [0, 0.05) is 18.7 Å². The molecule has 1 atom stereocenters. The second-order valence-electron chi connectivity index (χ2n) is 5.18. The third-order valence-electron chi connectivity index (χ3n) is 3.64. The summed E-state index contributed by atoms with van der Waals surface area (Å²) in [7, 11) is 1.59. The third kappa shape index (κ3) is 3.39. The van der Waals surface area contributed by atoms with Crippen LogP contribution < -0.4 is 15.0 Å². The Morgan fingerprint density at radius 2 is 2.04 bits per heavy atom. The summed E-state index contributed by atoms with van der Waals surface area (Å²) in [6.45, 7) is 0.429. The van der Waals surface area contributed by atoms with Crippen molar-refractivity contribution >= 4 is 33.4 Å². The first kappa shape index (κ1) is 15.6. The van der Waals surface area contributed by atoms with Gasteiger partial charge in [0.1, 0.15) is 5.75 Å². The molecule has 1 aromatic carbocycles. The van der Waals surface area contributed by atoms with Crippen LogP contribution in [-0.4, -0.2) is 31.5 Å². The standard InChI is InChI=1S/C16H15BrN2O4/c1-22-12-4-2-11(3-5-12)19-9-10(8-15(19)20)18-16(21)13-6-7-14(17)23-13/h2-7,10H,8-9H2,1H3,(H,18,21)/t10-/m1/s1. The van der Waals surface area contributed by atoms with Crippen molar-refractivity contribution in [1.29, 1.82) is 0 Å². The van der Waals surface area contributed by atoms with Crippen LogP contribution in [0.25, 0.3) is 0 Å². The number of methoxy groups -OCH3 is 1. The molecule has 0 spiro atoms. The van der Waals surface area contributed by atoms with Crippen LogP contribution in [0.3, 0.4) is 0 Å². The molecular weight excluding hydrogens is 364 g/mol. The monoisotopic (exact) mass is 378 g/mol.